The first-order chi connectivity index (χ1) is 23.2. The lowest BCUT2D eigenvalue weighted by Gasteiger charge is -2.10. The molecule has 4 rings (SSSR count). The van der Waals surface area contributed by atoms with Crippen LogP contribution in [0.1, 0.15) is 33.8 Å². The van der Waals surface area contributed by atoms with E-state index in [9.17, 15) is 21.9 Å². The van der Waals surface area contributed by atoms with Crippen molar-refractivity contribution in [1.29, 1.82) is 0 Å². The number of halogens is 3. The van der Waals surface area contributed by atoms with Gasteiger partial charge in [0.25, 0.3) is 0 Å². The number of aliphatic hydroxyl groups excluding tert-OH is 1. The maximum absolute atomic E-state index is 11.5. The maximum Gasteiger partial charge on any atom is 0.175 e. The zero-order chi connectivity index (χ0) is 36.5. The summed E-state index contributed by atoms with van der Waals surface area (Å²) in [5, 5.41) is 9.18. The number of hydrogen-bond acceptors (Lipinski definition) is 10. The zero-order valence-electron chi connectivity index (χ0n) is 27.4. The lowest BCUT2D eigenvalue weighted by molar-refractivity contribution is -0.0573. The molecular weight excluding hydrogens is 840 g/mol. The van der Waals surface area contributed by atoms with Crippen LogP contribution in [0.15, 0.2) is 104 Å². The van der Waals surface area contributed by atoms with Gasteiger partial charge < -0.3 is 28.8 Å². The summed E-state index contributed by atoms with van der Waals surface area (Å²) in [5.74, 6) is 2.30. The standard InChI is InChI=1S/C17H19BrO5S.C14H13BrO4S.C3H7ClO.CH4.H2/c1-3-21-12-22-11-13-10-15(6-9-17(13)18)23-14-4-7-16(8-5-14)24(2,19)20;1-20(17,18)13-5-2-11(3-6-13)19-12-4-7-14(15)10(8-12)9-16;1-2-5-3-4;;/h4-10H,3,11-12H2,1-2H3;2-8,16H,9H2,1H3;2-3H2,1H3;1H4;1H/i;;;;1+1. The highest BCUT2D eigenvalue weighted by atomic mass is 79.9. The van der Waals surface area contributed by atoms with Gasteiger partial charge in [0.05, 0.1) is 23.0 Å². The van der Waals surface area contributed by atoms with Crippen LogP contribution in [0.3, 0.4) is 0 Å². The Labute approximate surface area is 319 Å². The monoisotopic (exact) mass is 883 g/mol. The molecule has 50 heavy (non-hydrogen) atoms. The van der Waals surface area contributed by atoms with E-state index in [0.717, 1.165) is 26.3 Å². The fourth-order valence-corrected chi connectivity index (χ4v) is 5.76. The fraction of sp³-hybridized carbons (Fsp3) is 0.314. The number of alkyl halides is 1. The van der Waals surface area contributed by atoms with Gasteiger partial charge >= 0.3 is 0 Å². The van der Waals surface area contributed by atoms with Crippen molar-refractivity contribution in [2.75, 3.05) is 38.6 Å². The minimum atomic E-state index is -3.21. The predicted molar refractivity (Wildman–Crippen MR) is 206 cm³/mol. The summed E-state index contributed by atoms with van der Waals surface area (Å²) in [6.07, 6.45) is 2.33. The van der Waals surface area contributed by atoms with E-state index in [4.69, 9.17) is 30.5 Å². The number of sulfone groups is 2. The summed E-state index contributed by atoms with van der Waals surface area (Å²) in [5.41, 5.74) is 1.65. The Morgan fingerprint density at radius 2 is 1.04 bits per heavy atom. The van der Waals surface area contributed by atoms with Crippen molar-refractivity contribution < 1.29 is 47.1 Å². The first kappa shape index (κ1) is 45.5. The Balaban J connectivity index is 0.000000845. The molecule has 0 amide bonds. The lowest BCUT2D eigenvalue weighted by atomic mass is 10.2. The highest BCUT2D eigenvalue weighted by Gasteiger charge is 2.09. The third kappa shape index (κ3) is 16.7. The Bertz CT molecular complexity index is 1810. The van der Waals surface area contributed by atoms with Gasteiger partial charge in [-0.25, -0.2) is 16.8 Å². The summed E-state index contributed by atoms with van der Waals surface area (Å²) >= 11 is 11.9. The van der Waals surface area contributed by atoms with Gasteiger partial charge in [-0.15, -0.1) is 0 Å². The summed E-state index contributed by atoms with van der Waals surface area (Å²) in [4.78, 5) is 0.507. The molecule has 0 bridgehead atoms. The van der Waals surface area contributed by atoms with Gasteiger partial charge in [0.15, 0.2) is 19.7 Å². The quantitative estimate of drug-likeness (QED) is 0.0742. The van der Waals surface area contributed by atoms with Gasteiger partial charge in [-0.1, -0.05) is 50.9 Å². The van der Waals surface area contributed by atoms with E-state index < -0.39 is 19.7 Å². The average molecular weight is 886 g/mol. The average Bonchev–Trinajstić information content (AvgIpc) is 3.06. The molecule has 278 valence electrons. The second kappa shape index (κ2) is 23.1. The number of ether oxygens (including phenoxy) is 5. The van der Waals surface area contributed by atoms with Crippen molar-refractivity contribution in [3.63, 3.8) is 0 Å². The predicted octanol–water partition coefficient (Wildman–Crippen LogP) is 9.39. The van der Waals surface area contributed by atoms with Gasteiger partial charge in [-0.2, -0.15) is 0 Å². The van der Waals surface area contributed by atoms with E-state index in [0.29, 0.717) is 48.9 Å². The van der Waals surface area contributed by atoms with Crippen molar-refractivity contribution in [2.24, 2.45) is 0 Å². The normalized spacial score (nSPS) is 10.9. The maximum atomic E-state index is 11.5. The third-order valence-corrected chi connectivity index (χ3v) is 10.0. The van der Waals surface area contributed by atoms with Gasteiger partial charge in [0, 0.05) is 36.1 Å². The topological polar surface area (TPSA) is 135 Å². The van der Waals surface area contributed by atoms with E-state index in [1.165, 1.54) is 30.5 Å². The second-order valence-corrected chi connectivity index (χ2v) is 15.9. The van der Waals surface area contributed by atoms with E-state index in [1.807, 2.05) is 32.0 Å². The Morgan fingerprint density at radius 3 is 1.40 bits per heavy atom. The summed E-state index contributed by atoms with van der Waals surface area (Å²) in [6, 6.07) is 23.6. The Hall–Kier alpha value is -2.53. The van der Waals surface area contributed by atoms with Crippen molar-refractivity contribution in [3.8, 4) is 23.0 Å². The Kier molecular flexibility index (Phi) is 21.0. The molecule has 4 aromatic rings. The molecule has 0 aliphatic heterocycles. The molecule has 0 aliphatic carbocycles. The smallest absolute Gasteiger partial charge is 0.175 e. The van der Waals surface area contributed by atoms with Crippen LogP contribution in [-0.4, -0.2) is 60.5 Å². The zero-order valence-corrected chi connectivity index (χ0v) is 33.0. The van der Waals surface area contributed by atoms with Gasteiger partial charge in [-0.3, -0.25) is 0 Å². The molecule has 0 radical (unpaired) electrons. The van der Waals surface area contributed by atoms with E-state index >= 15 is 0 Å². The van der Waals surface area contributed by atoms with Crippen LogP contribution < -0.4 is 9.47 Å². The minimum Gasteiger partial charge on any atom is -0.457 e. The molecule has 4 aromatic carbocycles. The molecule has 10 nitrogen and oxygen atoms in total. The molecule has 0 spiro atoms. The van der Waals surface area contributed by atoms with E-state index in [1.54, 1.807) is 42.5 Å². The molecule has 0 fully saturated rings. The number of rotatable bonds is 14. The largest absolute Gasteiger partial charge is 0.457 e. The van der Waals surface area contributed by atoms with Crippen molar-refractivity contribution >= 4 is 63.1 Å². The summed E-state index contributed by atoms with van der Waals surface area (Å²) in [7, 11) is -6.41. The second-order valence-electron chi connectivity index (χ2n) is 9.92. The van der Waals surface area contributed by atoms with Crippen molar-refractivity contribution in [2.45, 2.75) is 44.3 Å². The molecule has 1 N–H and O–H groups in total. The van der Waals surface area contributed by atoms with Gasteiger partial charge in [-0.05, 0) is 110 Å². The first-order valence-electron chi connectivity index (χ1n) is 14.6. The molecular formula is C35H45Br2ClO10S2. The highest BCUT2D eigenvalue weighted by molar-refractivity contribution is 9.10. The molecule has 0 aliphatic rings. The number of aliphatic hydroxyl groups is 1. The van der Waals surface area contributed by atoms with Crippen LogP contribution in [0.25, 0.3) is 0 Å². The first-order valence-corrected chi connectivity index (χ1v) is 20.5. The van der Waals surface area contributed by atoms with E-state index in [2.05, 4.69) is 36.6 Å². The van der Waals surface area contributed by atoms with Crippen LogP contribution in [-0.2, 0) is 47.1 Å². The molecule has 0 atom stereocenters. The Morgan fingerprint density at radius 1 is 0.640 bits per heavy atom. The SMILES string of the molecule is C.CCOCCl.CCOCOCc1cc(Oc2ccc(S(C)(=O)=O)cc2)ccc1Br.CS(=O)(=O)c1ccc(Oc2ccc(Br)c(CO)c2)cc1.[2HH]. The molecule has 0 heterocycles. The third-order valence-electron chi connectivity index (χ3n) is 6.09. The van der Waals surface area contributed by atoms with Crippen molar-refractivity contribution in [3.05, 3.63) is 105 Å². The summed E-state index contributed by atoms with van der Waals surface area (Å²) in [6.45, 7) is 5.67. The van der Waals surface area contributed by atoms with Gasteiger partial charge in [0.2, 0.25) is 0 Å². The van der Waals surface area contributed by atoms with Crippen LogP contribution >= 0.6 is 43.5 Å². The highest BCUT2D eigenvalue weighted by Crippen LogP contribution is 2.29. The molecule has 0 saturated carbocycles. The van der Waals surface area contributed by atoms with Crippen LogP contribution in [0.4, 0.5) is 0 Å². The molecule has 0 aromatic heterocycles. The fourth-order valence-electron chi connectivity index (χ4n) is 3.61. The van der Waals surface area contributed by atoms with Crippen molar-refractivity contribution in [1.82, 2.24) is 0 Å². The van der Waals surface area contributed by atoms with Crippen LogP contribution in [0.5, 0.6) is 23.0 Å². The molecule has 0 unspecified atom stereocenters. The van der Waals surface area contributed by atoms with Crippen LogP contribution in [0.2, 0.25) is 0 Å². The lowest BCUT2D eigenvalue weighted by Crippen LogP contribution is -2.00. The minimum absolute atomic E-state index is 0. The molecule has 15 heteroatoms. The number of hydrogen-bond donors (Lipinski definition) is 1. The summed E-state index contributed by atoms with van der Waals surface area (Å²) < 4.78 is 73.9. The number of benzene rings is 4. The van der Waals surface area contributed by atoms with E-state index in [-0.39, 0.29) is 32.0 Å². The van der Waals surface area contributed by atoms with Gasteiger partial charge in [0.1, 0.15) is 35.9 Å². The molecule has 0 saturated heterocycles. The van der Waals surface area contributed by atoms with Crippen LogP contribution in [0, 0.1) is 0 Å².